The fourth-order valence-electron chi connectivity index (χ4n) is 5.41. The third-order valence-electron chi connectivity index (χ3n) is 7.59. The zero-order chi connectivity index (χ0) is 26.6. The van der Waals surface area contributed by atoms with Crippen molar-refractivity contribution in [2.45, 2.75) is 33.6 Å². The predicted octanol–water partition coefficient (Wildman–Crippen LogP) is 9.29. The number of benzene rings is 4. The molecular weight excluding hydrogens is 469 g/mol. The fraction of sp³-hybridized carbons (Fsp3) is 0.171. The quantitative estimate of drug-likeness (QED) is 0.220. The molecule has 0 saturated heterocycles. The second-order valence-corrected chi connectivity index (χ2v) is 10.6. The number of hydrogen-bond donors (Lipinski definition) is 0. The molecule has 0 aliphatic heterocycles. The molecule has 3 heteroatoms. The van der Waals surface area contributed by atoms with Gasteiger partial charge < -0.3 is 4.42 Å². The average Bonchev–Trinajstić information content (AvgIpc) is 3.27. The van der Waals surface area contributed by atoms with E-state index in [2.05, 4.69) is 106 Å². The molecule has 2 aromatic heterocycles. The summed E-state index contributed by atoms with van der Waals surface area (Å²) in [5.41, 5.74) is 10.7. The van der Waals surface area contributed by atoms with Crippen molar-refractivity contribution in [2.75, 3.05) is 0 Å². The Morgan fingerprint density at radius 2 is 1.39 bits per heavy atom. The third kappa shape index (κ3) is 3.99. The highest BCUT2D eigenvalue weighted by atomic mass is 19.1. The highest BCUT2D eigenvalue weighted by Gasteiger charge is 2.24. The largest absolute Gasteiger partial charge is 0.454 e. The fourth-order valence-corrected chi connectivity index (χ4v) is 5.41. The maximum Gasteiger partial charge on any atom is 0.216 e. The molecule has 0 radical (unpaired) electrons. The summed E-state index contributed by atoms with van der Waals surface area (Å²) in [5.74, 6) is 0.124. The van der Waals surface area contributed by atoms with Crippen molar-refractivity contribution in [3.8, 4) is 33.5 Å². The molecule has 2 heterocycles. The van der Waals surface area contributed by atoms with E-state index in [0.717, 1.165) is 49.9 Å². The lowest BCUT2D eigenvalue weighted by molar-refractivity contribution is -0.660. The van der Waals surface area contributed by atoms with Crippen LogP contribution in [0.2, 0.25) is 0 Å². The maximum absolute atomic E-state index is 15.5. The molecule has 38 heavy (non-hydrogen) atoms. The molecule has 6 rings (SSSR count). The van der Waals surface area contributed by atoms with Crippen LogP contribution in [-0.4, -0.2) is 0 Å². The number of aromatic nitrogens is 1. The Hall–Kier alpha value is -4.24. The molecule has 0 unspecified atom stereocenters. The first kappa shape index (κ1) is 24.1. The Balaban J connectivity index is 1.56. The molecule has 2 nitrogen and oxygen atoms in total. The zero-order valence-corrected chi connectivity index (χ0v) is 22.5. The molecule has 0 atom stereocenters. The highest BCUT2D eigenvalue weighted by Crippen LogP contribution is 2.42. The molecule has 4 aromatic carbocycles. The van der Waals surface area contributed by atoms with Crippen LogP contribution in [-0.2, 0) is 7.05 Å². The van der Waals surface area contributed by atoms with Crippen LogP contribution in [0.1, 0.15) is 36.5 Å². The molecule has 0 aliphatic carbocycles. The van der Waals surface area contributed by atoms with E-state index in [1.54, 1.807) is 6.07 Å². The Morgan fingerprint density at radius 3 is 2.11 bits per heavy atom. The van der Waals surface area contributed by atoms with E-state index in [0.29, 0.717) is 17.1 Å². The van der Waals surface area contributed by atoms with Crippen LogP contribution in [0.4, 0.5) is 4.39 Å². The number of hydrogen-bond acceptors (Lipinski definition) is 1. The average molecular weight is 501 g/mol. The van der Waals surface area contributed by atoms with Crippen molar-refractivity contribution in [2.24, 2.45) is 7.05 Å². The molecule has 0 fully saturated rings. The molecule has 0 saturated carbocycles. The van der Waals surface area contributed by atoms with Gasteiger partial charge in [-0.25, -0.2) is 8.96 Å². The van der Waals surface area contributed by atoms with Crippen LogP contribution in [0.15, 0.2) is 95.5 Å². The van der Waals surface area contributed by atoms with Crippen LogP contribution in [0.3, 0.4) is 0 Å². The van der Waals surface area contributed by atoms with Gasteiger partial charge in [0.05, 0.1) is 11.1 Å². The molecule has 0 amide bonds. The number of nitrogens with zero attached hydrogens (tertiary/aromatic N) is 1. The van der Waals surface area contributed by atoms with E-state index < -0.39 is 0 Å². The van der Waals surface area contributed by atoms with Crippen molar-refractivity contribution in [3.63, 3.8) is 0 Å². The minimum Gasteiger partial charge on any atom is -0.454 e. The first-order valence-corrected chi connectivity index (χ1v) is 13.1. The minimum atomic E-state index is -0.287. The highest BCUT2D eigenvalue weighted by molar-refractivity contribution is 6.13. The Morgan fingerprint density at radius 1 is 0.711 bits per heavy atom. The number of fused-ring (bicyclic) bond motifs is 3. The molecule has 0 aliphatic rings. The number of rotatable bonds is 4. The van der Waals surface area contributed by atoms with E-state index in [1.807, 2.05) is 18.2 Å². The number of pyridine rings is 1. The van der Waals surface area contributed by atoms with Gasteiger partial charge >= 0.3 is 0 Å². The van der Waals surface area contributed by atoms with Crippen molar-refractivity contribution >= 4 is 21.9 Å². The Bertz CT molecular complexity index is 1830. The van der Waals surface area contributed by atoms with Crippen LogP contribution >= 0.6 is 0 Å². The van der Waals surface area contributed by atoms with Crippen molar-refractivity contribution in [3.05, 3.63) is 114 Å². The lowest BCUT2D eigenvalue weighted by Gasteiger charge is -2.09. The summed E-state index contributed by atoms with van der Waals surface area (Å²) in [5, 5.41) is 1.91. The van der Waals surface area contributed by atoms with Gasteiger partial charge in [0.15, 0.2) is 6.20 Å². The van der Waals surface area contributed by atoms with Gasteiger partial charge in [0.25, 0.3) is 0 Å². The van der Waals surface area contributed by atoms with E-state index in [9.17, 15) is 0 Å². The van der Waals surface area contributed by atoms with Crippen molar-refractivity contribution < 1.29 is 13.4 Å². The summed E-state index contributed by atoms with van der Waals surface area (Å²) < 4.78 is 24.2. The molecule has 188 valence electrons. The molecule has 6 aromatic rings. The Labute approximate surface area is 223 Å². The number of aryl methyl sites for hydroxylation is 3. The second kappa shape index (κ2) is 9.25. The molecule has 0 spiro atoms. The molecular formula is C35H31FNO+. The van der Waals surface area contributed by atoms with Gasteiger partial charge in [-0.15, -0.1) is 0 Å². The maximum atomic E-state index is 15.5. The molecule has 0 N–H and O–H groups in total. The lowest BCUT2D eigenvalue weighted by Crippen LogP contribution is -2.31. The third-order valence-corrected chi connectivity index (χ3v) is 7.59. The summed E-state index contributed by atoms with van der Waals surface area (Å²) in [6, 6.07) is 28.5. The first-order chi connectivity index (χ1) is 18.3. The van der Waals surface area contributed by atoms with Gasteiger partial charge in [-0.3, -0.25) is 0 Å². The summed E-state index contributed by atoms with van der Waals surface area (Å²) in [6.07, 6.45) is 2.10. The van der Waals surface area contributed by atoms with Gasteiger partial charge in [0.2, 0.25) is 5.69 Å². The number of halogens is 1. The van der Waals surface area contributed by atoms with E-state index in [4.69, 9.17) is 4.42 Å². The standard InChI is InChI=1S/C35H31FNO/c1-21(2)26-17-18-37(5)31(20-26)32-23(4)9-14-28-29-15-16-30(36)33(35(29)38-34(28)32)25-12-10-24(11-13-25)27-8-6-7-22(3)19-27/h6-21H,1-5H3/q+1. The van der Waals surface area contributed by atoms with Crippen LogP contribution in [0.5, 0.6) is 0 Å². The summed E-state index contributed by atoms with van der Waals surface area (Å²) in [4.78, 5) is 0. The topological polar surface area (TPSA) is 17.0 Å². The van der Waals surface area contributed by atoms with Gasteiger partial charge in [0.1, 0.15) is 24.0 Å². The SMILES string of the molecule is Cc1cccc(-c2ccc(-c3c(F)ccc4c3oc3c(-c5cc(C(C)C)cc[n+]5C)c(C)ccc34)cc2)c1. The van der Waals surface area contributed by atoms with E-state index in [-0.39, 0.29) is 5.82 Å². The van der Waals surface area contributed by atoms with Crippen molar-refractivity contribution in [1.29, 1.82) is 0 Å². The monoisotopic (exact) mass is 500 g/mol. The van der Waals surface area contributed by atoms with E-state index >= 15 is 4.39 Å². The second-order valence-electron chi connectivity index (χ2n) is 10.6. The number of furan rings is 1. The predicted molar refractivity (Wildman–Crippen MR) is 155 cm³/mol. The summed E-state index contributed by atoms with van der Waals surface area (Å²) >= 11 is 0. The zero-order valence-electron chi connectivity index (χ0n) is 22.5. The van der Waals surface area contributed by atoms with E-state index in [1.165, 1.54) is 11.1 Å². The Kier molecular flexibility index (Phi) is 5.87. The minimum absolute atomic E-state index is 0.287. The smallest absolute Gasteiger partial charge is 0.216 e. The first-order valence-electron chi connectivity index (χ1n) is 13.1. The summed E-state index contributed by atoms with van der Waals surface area (Å²) in [7, 11) is 2.06. The van der Waals surface area contributed by atoms with Gasteiger partial charge in [-0.05, 0) is 59.7 Å². The van der Waals surface area contributed by atoms with Crippen molar-refractivity contribution in [1.82, 2.24) is 0 Å². The normalized spacial score (nSPS) is 11.7. The van der Waals surface area contributed by atoms with Crippen LogP contribution in [0.25, 0.3) is 55.4 Å². The van der Waals surface area contributed by atoms with Gasteiger partial charge in [0, 0.05) is 22.9 Å². The lowest BCUT2D eigenvalue weighted by atomic mass is 9.96. The van der Waals surface area contributed by atoms with Crippen LogP contribution < -0.4 is 4.57 Å². The summed E-state index contributed by atoms with van der Waals surface area (Å²) in [6.45, 7) is 8.60. The van der Waals surface area contributed by atoms with Gasteiger partial charge in [-0.2, -0.15) is 0 Å². The van der Waals surface area contributed by atoms with Gasteiger partial charge in [-0.1, -0.05) is 80.1 Å². The molecule has 0 bridgehead atoms. The van der Waals surface area contributed by atoms with Crippen LogP contribution in [0, 0.1) is 19.7 Å².